The Bertz CT molecular complexity index is 551. The highest BCUT2D eigenvalue weighted by Crippen LogP contribution is 2.22. The highest BCUT2D eigenvalue weighted by Gasteiger charge is 2.16. The first kappa shape index (κ1) is 8.35. The van der Waals surface area contributed by atoms with E-state index in [4.69, 9.17) is 0 Å². The molecule has 74 valence electrons. The van der Waals surface area contributed by atoms with E-state index in [2.05, 4.69) is 15.3 Å². The van der Waals surface area contributed by atoms with E-state index in [-0.39, 0.29) is 5.78 Å². The average Bonchev–Trinajstić information content (AvgIpc) is 2.26. The van der Waals surface area contributed by atoms with Crippen LogP contribution in [0.2, 0.25) is 0 Å². The number of rotatable bonds is 0. The second kappa shape index (κ2) is 3.02. The Morgan fingerprint density at radius 2 is 2.33 bits per heavy atom. The van der Waals surface area contributed by atoms with Gasteiger partial charge in [0.15, 0.2) is 11.4 Å². The Morgan fingerprint density at radius 3 is 3.27 bits per heavy atom. The van der Waals surface area contributed by atoms with Crippen LogP contribution < -0.4 is 5.32 Å². The van der Waals surface area contributed by atoms with E-state index in [1.807, 2.05) is 18.2 Å². The maximum absolute atomic E-state index is 11.2. The van der Waals surface area contributed by atoms with E-state index in [1.165, 1.54) is 0 Å². The molecule has 0 radical (unpaired) electrons. The molecule has 0 saturated heterocycles. The third-order valence-electron chi connectivity index (χ3n) is 2.51. The summed E-state index contributed by atoms with van der Waals surface area (Å²) in [7, 11) is 0. The van der Waals surface area contributed by atoms with Gasteiger partial charge in [-0.25, -0.2) is 9.97 Å². The van der Waals surface area contributed by atoms with Crippen LogP contribution in [-0.2, 0) is 11.2 Å². The molecule has 3 heterocycles. The van der Waals surface area contributed by atoms with Crippen LogP contribution in [0.1, 0.15) is 5.69 Å². The number of hydrogen-bond acceptors (Lipinski definition) is 4. The number of ketones is 1. The molecule has 15 heavy (non-hydrogen) atoms. The van der Waals surface area contributed by atoms with Crippen molar-refractivity contribution in [2.45, 2.75) is 6.42 Å². The summed E-state index contributed by atoms with van der Waals surface area (Å²) >= 11 is 0. The molecule has 0 aromatic carbocycles. The molecule has 0 unspecified atom stereocenters. The molecule has 4 heteroatoms. The van der Waals surface area contributed by atoms with Gasteiger partial charge in [0, 0.05) is 11.6 Å². The molecule has 0 saturated carbocycles. The van der Waals surface area contributed by atoms with Crippen LogP contribution in [-0.4, -0.2) is 22.3 Å². The number of hydrogen-bond donors (Lipinski definition) is 1. The molecule has 1 aliphatic heterocycles. The maximum atomic E-state index is 11.2. The Labute approximate surface area is 86.4 Å². The minimum Gasteiger partial charge on any atom is -0.376 e. The fourth-order valence-electron chi connectivity index (χ4n) is 1.77. The third-order valence-corrected chi connectivity index (χ3v) is 2.51. The fraction of sp³-hybridized carbons (Fsp3) is 0.182. The van der Waals surface area contributed by atoms with Gasteiger partial charge in [-0.3, -0.25) is 4.79 Å². The number of Topliss-reactive ketones (excluding diaryl/α,β-unsaturated/α-hetero) is 1. The van der Waals surface area contributed by atoms with Crippen molar-refractivity contribution in [3.05, 3.63) is 30.1 Å². The Balaban J connectivity index is 2.24. The average molecular weight is 199 g/mol. The van der Waals surface area contributed by atoms with Crippen LogP contribution in [0.25, 0.3) is 11.0 Å². The van der Waals surface area contributed by atoms with Gasteiger partial charge in [0.05, 0.1) is 24.3 Å². The topological polar surface area (TPSA) is 54.9 Å². The Morgan fingerprint density at radius 1 is 1.40 bits per heavy atom. The zero-order valence-corrected chi connectivity index (χ0v) is 8.03. The molecule has 0 bridgehead atoms. The quantitative estimate of drug-likeness (QED) is 0.692. The van der Waals surface area contributed by atoms with Crippen LogP contribution in [0.4, 0.5) is 5.69 Å². The van der Waals surface area contributed by atoms with Crippen molar-refractivity contribution in [2.24, 2.45) is 0 Å². The van der Waals surface area contributed by atoms with E-state index >= 15 is 0 Å². The van der Waals surface area contributed by atoms with Crippen LogP contribution in [0, 0.1) is 0 Å². The molecule has 0 amide bonds. The monoisotopic (exact) mass is 199 g/mol. The summed E-state index contributed by atoms with van der Waals surface area (Å²) in [6.45, 7) is 0.403. The van der Waals surface area contributed by atoms with Gasteiger partial charge in [-0.05, 0) is 18.2 Å². The second-order valence-electron chi connectivity index (χ2n) is 3.60. The molecule has 1 N–H and O–H groups in total. The number of fused-ring (bicyclic) bond motifs is 2. The van der Waals surface area contributed by atoms with Crippen molar-refractivity contribution in [1.29, 1.82) is 0 Å². The Kier molecular flexibility index (Phi) is 1.68. The SMILES string of the molecule is O=C1CNc2cc3cccnc3nc2C1. The van der Waals surface area contributed by atoms with Gasteiger partial charge in [-0.2, -0.15) is 0 Å². The van der Waals surface area contributed by atoms with Gasteiger partial charge in [-0.1, -0.05) is 0 Å². The van der Waals surface area contributed by atoms with Crippen molar-refractivity contribution in [3.8, 4) is 0 Å². The van der Waals surface area contributed by atoms with Crippen molar-refractivity contribution in [1.82, 2.24) is 9.97 Å². The standard InChI is InChI=1S/C11H9N3O/c15-8-5-10-9(13-6-8)4-7-2-1-3-12-11(7)14-10/h1-4,13H,5-6H2. The second-order valence-corrected chi connectivity index (χ2v) is 3.60. The summed E-state index contributed by atoms with van der Waals surface area (Å²) in [6, 6.07) is 5.84. The molecule has 2 aromatic heterocycles. The van der Waals surface area contributed by atoms with Crippen molar-refractivity contribution < 1.29 is 4.79 Å². The summed E-state index contributed by atoms with van der Waals surface area (Å²) in [5.74, 6) is 0.172. The normalized spacial score (nSPS) is 14.8. The van der Waals surface area contributed by atoms with Gasteiger partial charge < -0.3 is 5.32 Å². The van der Waals surface area contributed by atoms with Crippen molar-refractivity contribution in [2.75, 3.05) is 11.9 Å². The van der Waals surface area contributed by atoms with Crippen LogP contribution in [0.15, 0.2) is 24.4 Å². The molecule has 0 aliphatic carbocycles. The molecule has 0 spiro atoms. The van der Waals surface area contributed by atoms with Crippen LogP contribution in [0.5, 0.6) is 0 Å². The summed E-state index contributed by atoms with van der Waals surface area (Å²) in [4.78, 5) is 19.8. The lowest BCUT2D eigenvalue weighted by atomic mass is 10.1. The molecule has 4 nitrogen and oxygen atoms in total. The van der Waals surface area contributed by atoms with E-state index < -0.39 is 0 Å². The first-order chi connectivity index (χ1) is 7.33. The maximum Gasteiger partial charge on any atom is 0.159 e. The molecule has 0 fully saturated rings. The smallest absolute Gasteiger partial charge is 0.159 e. The summed E-state index contributed by atoms with van der Waals surface area (Å²) in [6.07, 6.45) is 2.12. The third kappa shape index (κ3) is 1.34. The molecular formula is C11H9N3O. The lowest BCUT2D eigenvalue weighted by Gasteiger charge is -2.16. The molecule has 0 atom stereocenters. The lowest BCUT2D eigenvalue weighted by Crippen LogP contribution is -2.23. The number of anilines is 1. The largest absolute Gasteiger partial charge is 0.376 e. The first-order valence-electron chi connectivity index (χ1n) is 4.83. The number of nitrogens with zero attached hydrogens (tertiary/aromatic N) is 2. The summed E-state index contributed by atoms with van der Waals surface area (Å²) in [5, 5.41) is 4.06. The zero-order chi connectivity index (χ0) is 10.3. The highest BCUT2D eigenvalue weighted by atomic mass is 16.1. The van der Waals surface area contributed by atoms with Gasteiger partial charge in [0.1, 0.15) is 0 Å². The van der Waals surface area contributed by atoms with Gasteiger partial charge in [-0.15, -0.1) is 0 Å². The van der Waals surface area contributed by atoms with Crippen molar-refractivity contribution in [3.63, 3.8) is 0 Å². The van der Waals surface area contributed by atoms with E-state index in [9.17, 15) is 4.79 Å². The van der Waals surface area contributed by atoms with E-state index in [0.29, 0.717) is 18.6 Å². The number of nitrogens with one attached hydrogen (secondary N) is 1. The fourth-order valence-corrected chi connectivity index (χ4v) is 1.77. The Hall–Kier alpha value is -1.97. The van der Waals surface area contributed by atoms with Crippen molar-refractivity contribution >= 4 is 22.5 Å². The number of carbonyl (C=O) groups excluding carboxylic acids is 1. The highest BCUT2D eigenvalue weighted by molar-refractivity contribution is 5.91. The summed E-state index contributed by atoms with van der Waals surface area (Å²) < 4.78 is 0. The van der Waals surface area contributed by atoms with Gasteiger partial charge in [0.2, 0.25) is 0 Å². The van der Waals surface area contributed by atoms with Gasteiger partial charge >= 0.3 is 0 Å². The lowest BCUT2D eigenvalue weighted by molar-refractivity contribution is -0.117. The number of carbonyl (C=O) groups is 1. The molecular weight excluding hydrogens is 190 g/mol. The van der Waals surface area contributed by atoms with Crippen LogP contribution >= 0.6 is 0 Å². The number of pyridine rings is 2. The zero-order valence-electron chi connectivity index (χ0n) is 8.03. The predicted molar refractivity (Wildman–Crippen MR) is 56.7 cm³/mol. The molecule has 2 aromatic rings. The van der Waals surface area contributed by atoms with Gasteiger partial charge in [0.25, 0.3) is 0 Å². The first-order valence-corrected chi connectivity index (χ1v) is 4.83. The summed E-state index contributed by atoms with van der Waals surface area (Å²) in [5.41, 5.74) is 2.46. The van der Waals surface area contributed by atoms with E-state index in [1.54, 1.807) is 6.20 Å². The van der Waals surface area contributed by atoms with E-state index in [0.717, 1.165) is 16.8 Å². The molecule has 3 rings (SSSR count). The predicted octanol–water partition coefficient (Wildman–Crippen LogP) is 1.17. The number of aromatic nitrogens is 2. The molecule has 1 aliphatic rings. The minimum atomic E-state index is 0.172. The van der Waals surface area contributed by atoms with Crippen LogP contribution in [0.3, 0.4) is 0 Å². The minimum absolute atomic E-state index is 0.172.